The fraction of sp³-hybridized carbons (Fsp3) is 0.222. The van der Waals surface area contributed by atoms with E-state index < -0.39 is 5.91 Å². The van der Waals surface area contributed by atoms with Gasteiger partial charge in [0, 0.05) is 15.8 Å². The van der Waals surface area contributed by atoms with E-state index in [-0.39, 0.29) is 6.42 Å². The molecule has 0 spiro atoms. The van der Waals surface area contributed by atoms with Crippen LogP contribution in [0.2, 0.25) is 0 Å². The average molecular weight is 270 g/mol. The van der Waals surface area contributed by atoms with Gasteiger partial charge in [-0.2, -0.15) is 0 Å². The Bertz CT molecular complexity index is 427. The third-order valence-corrected chi connectivity index (χ3v) is 2.50. The summed E-state index contributed by atoms with van der Waals surface area (Å²) in [7, 11) is 1.56. The van der Waals surface area contributed by atoms with Crippen LogP contribution in [-0.2, 0) is 11.2 Å². The van der Waals surface area contributed by atoms with Crippen LogP contribution >= 0.6 is 15.9 Å². The van der Waals surface area contributed by atoms with Crippen LogP contribution in [0.15, 0.2) is 27.8 Å². The number of ether oxygens (including phenoxy) is 1. The number of amides is 1. The fourth-order valence-electron chi connectivity index (χ4n) is 1.05. The van der Waals surface area contributed by atoms with Crippen molar-refractivity contribution in [1.29, 1.82) is 0 Å². The first-order valence-electron chi connectivity index (χ1n) is 4.07. The van der Waals surface area contributed by atoms with Gasteiger partial charge in [0.05, 0.1) is 7.11 Å². The Hall–Kier alpha value is -1.52. The standard InChI is InChI=1S/C9H8BrN3O2/c1-15-7-3-2-6(8(10)5-7)4-9(14)12-13-11/h2-3,5H,4H2,1H3. The molecule has 0 radical (unpaired) electrons. The molecular weight excluding hydrogens is 262 g/mol. The van der Waals surface area contributed by atoms with Crippen molar-refractivity contribution in [2.75, 3.05) is 7.11 Å². The second-order valence-electron chi connectivity index (χ2n) is 2.72. The minimum Gasteiger partial charge on any atom is -0.497 e. The van der Waals surface area contributed by atoms with Crippen LogP contribution in [0.25, 0.3) is 10.4 Å². The minimum atomic E-state index is -0.511. The summed E-state index contributed by atoms with van der Waals surface area (Å²) < 4.78 is 5.76. The summed E-state index contributed by atoms with van der Waals surface area (Å²) in [4.78, 5) is 13.5. The van der Waals surface area contributed by atoms with Gasteiger partial charge in [0.15, 0.2) is 0 Å². The number of azide groups is 1. The molecule has 1 amide bonds. The highest BCUT2D eigenvalue weighted by molar-refractivity contribution is 9.10. The van der Waals surface area contributed by atoms with Crippen LogP contribution in [0.5, 0.6) is 5.75 Å². The number of halogens is 1. The first kappa shape index (κ1) is 11.6. The highest BCUT2D eigenvalue weighted by Crippen LogP contribution is 2.23. The van der Waals surface area contributed by atoms with Gasteiger partial charge in [0.25, 0.3) is 0 Å². The summed E-state index contributed by atoms with van der Waals surface area (Å²) in [6.45, 7) is 0. The molecule has 6 heteroatoms. The van der Waals surface area contributed by atoms with E-state index in [4.69, 9.17) is 10.3 Å². The van der Waals surface area contributed by atoms with Gasteiger partial charge in [-0.3, -0.25) is 4.79 Å². The molecule has 0 atom stereocenters. The molecule has 78 valence electrons. The van der Waals surface area contributed by atoms with Gasteiger partial charge < -0.3 is 4.74 Å². The van der Waals surface area contributed by atoms with E-state index in [1.165, 1.54) is 0 Å². The van der Waals surface area contributed by atoms with Gasteiger partial charge in [-0.05, 0) is 28.3 Å². The highest BCUT2D eigenvalue weighted by atomic mass is 79.9. The van der Waals surface area contributed by atoms with Crippen molar-refractivity contribution in [2.24, 2.45) is 5.11 Å². The number of benzene rings is 1. The third kappa shape index (κ3) is 3.27. The number of nitrogens with zero attached hydrogens (tertiary/aromatic N) is 3. The van der Waals surface area contributed by atoms with Gasteiger partial charge >= 0.3 is 0 Å². The van der Waals surface area contributed by atoms with Crippen LogP contribution in [0, 0.1) is 0 Å². The summed E-state index contributed by atoms with van der Waals surface area (Å²) in [5, 5.41) is 2.99. The van der Waals surface area contributed by atoms with Gasteiger partial charge in [-0.1, -0.05) is 22.0 Å². The number of rotatable bonds is 3. The zero-order chi connectivity index (χ0) is 11.3. The molecule has 15 heavy (non-hydrogen) atoms. The molecule has 0 unspecified atom stereocenters. The van der Waals surface area contributed by atoms with Gasteiger partial charge in [0.1, 0.15) is 5.75 Å². The Labute approximate surface area is 94.8 Å². The summed E-state index contributed by atoms with van der Waals surface area (Å²) in [5.41, 5.74) is 8.83. The lowest BCUT2D eigenvalue weighted by Gasteiger charge is -2.04. The van der Waals surface area contributed by atoms with Crippen molar-refractivity contribution in [3.63, 3.8) is 0 Å². The van der Waals surface area contributed by atoms with E-state index in [2.05, 4.69) is 26.0 Å². The van der Waals surface area contributed by atoms with Crippen molar-refractivity contribution in [3.8, 4) is 5.75 Å². The lowest BCUT2D eigenvalue weighted by atomic mass is 10.1. The molecule has 1 rings (SSSR count). The van der Waals surface area contributed by atoms with Crippen molar-refractivity contribution in [1.82, 2.24) is 0 Å². The zero-order valence-electron chi connectivity index (χ0n) is 7.98. The molecule has 0 aliphatic heterocycles. The quantitative estimate of drug-likeness (QED) is 0.481. The summed E-state index contributed by atoms with van der Waals surface area (Å²) in [5.74, 6) is 0.185. The van der Waals surface area contributed by atoms with E-state index in [0.29, 0.717) is 5.75 Å². The smallest absolute Gasteiger partial charge is 0.223 e. The second-order valence-corrected chi connectivity index (χ2v) is 3.57. The number of carbonyl (C=O) groups excluding carboxylic acids is 1. The summed E-state index contributed by atoms with van der Waals surface area (Å²) >= 11 is 3.30. The number of methoxy groups -OCH3 is 1. The van der Waals surface area contributed by atoms with Crippen LogP contribution in [0.4, 0.5) is 0 Å². The lowest BCUT2D eigenvalue weighted by Crippen LogP contribution is -1.98. The molecule has 0 aliphatic carbocycles. The Morgan fingerprint density at radius 2 is 2.40 bits per heavy atom. The first-order chi connectivity index (χ1) is 7.17. The topological polar surface area (TPSA) is 75.1 Å². The monoisotopic (exact) mass is 269 g/mol. The van der Waals surface area contributed by atoms with Crippen molar-refractivity contribution in [2.45, 2.75) is 6.42 Å². The van der Waals surface area contributed by atoms with E-state index >= 15 is 0 Å². The number of carbonyl (C=O) groups is 1. The molecule has 0 heterocycles. The molecule has 1 aromatic rings. The van der Waals surface area contributed by atoms with Crippen molar-refractivity contribution in [3.05, 3.63) is 38.7 Å². The lowest BCUT2D eigenvalue weighted by molar-refractivity contribution is -0.117. The van der Waals surface area contributed by atoms with Gasteiger partial charge in [-0.25, -0.2) is 0 Å². The largest absolute Gasteiger partial charge is 0.497 e. The molecule has 0 aliphatic rings. The fourth-order valence-corrected chi connectivity index (χ4v) is 1.54. The molecule has 0 bridgehead atoms. The molecule has 0 saturated carbocycles. The van der Waals surface area contributed by atoms with E-state index in [1.807, 2.05) is 0 Å². The number of hydrogen-bond donors (Lipinski definition) is 0. The normalized spacial score (nSPS) is 9.20. The molecule has 0 fully saturated rings. The maximum atomic E-state index is 11.0. The van der Waals surface area contributed by atoms with E-state index in [9.17, 15) is 4.79 Å². The average Bonchev–Trinajstić information content (AvgIpc) is 2.21. The minimum absolute atomic E-state index is 0.0780. The van der Waals surface area contributed by atoms with Crippen LogP contribution in [-0.4, -0.2) is 13.0 Å². The van der Waals surface area contributed by atoms with Crippen LogP contribution in [0.1, 0.15) is 5.56 Å². The summed E-state index contributed by atoms with van der Waals surface area (Å²) in [6.07, 6.45) is 0.0780. The van der Waals surface area contributed by atoms with Gasteiger partial charge in [-0.15, -0.1) is 0 Å². The molecule has 5 nitrogen and oxygen atoms in total. The van der Waals surface area contributed by atoms with E-state index in [0.717, 1.165) is 10.0 Å². The second kappa shape index (κ2) is 5.38. The molecular formula is C9H8BrN3O2. The Morgan fingerprint density at radius 1 is 1.67 bits per heavy atom. The Kier molecular flexibility index (Phi) is 4.15. The van der Waals surface area contributed by atoms with Crippen molar-refractivity contribution >= 4 is 21.8 Å². The predicted molar refractivity (Wildman–Crippen MR) is 58.6 cm³/mol. The van der Waals surface area contributed by atoms with Crippen LogP contribution < -0.4 is 4.74 Å². The first-order valence-corrected chi connectivity index (χ1v) is 4.87. The molecule has 0 N–H and O–H groups in total. The maximum absolute atomic E-state index is 11.0. The SMILES string of the molecule is COc1ccc(CC(=O)N=[N+]=[N-])c(Br)c1. The Balaban J connectivity index is 2.87. The Morgan fingerprint density at radius 3 is 2.93 bits per heavy atom. The van der Waals surface area contributed by atoms with Crippen molar-refractivity contribution < 1.29 is 9.53 Å². The van der Waals surface area contributed by atoms with E-state index in [1.54, 1.807) is 25.3 Å². The highest BCUT2D eigenvalue weighted by Gasteiger charge is 2.06. The molecule has 1 aromatic carbocycles. The van der Waals surface area contributed by atoms with Crippen LogP contribution in [0.3, 0.4) is 0 Å². The van der Waals surface area contributed by atoms with Gasteiger partial charge in [0.2, 0.25) is 5.91 Å². The third-order valence-electron chi connectivity index (χ3n) is 1.76. The molecule has 0 saturated heterocycles. The number of hydrogen-bond acceptors (Lipinski definition) is 2. The predicted octanol–water partition coefficient (Wildman–Crippen LogP) is 2.84. The zero-order valence-corrected chi connectivity index (χ0v) is 9.56. The summed E-state index contributed by atoms with van der Waals surface area (Å²) in [6, 6.07) is 5.23. The molecule has 0 aromatic heterocycles. The maximum Gasteiger partial charge on any atom is 0.223 e.